The van der Waals surface area contributed by atoms with E-state index in [4.69, 9.17) is 5.73 Å². The first-order chi connectivity index (χ1) is 9.34. The molecule has 0 amide bonds. The minimum atomic E-state index is -3.43. The van der Waals surface area contributed by atoms with Crippen molar-refractivity contribution in [2.75, 3.05) is 18.8 Å². The van der Waals surface area contributed by atoms with Gasteiger partial charge in [0.2, 0.25) is 0 Å². The van der Waals surface area contributed by atoms with Crippen molar-refractivity contribution in [3.8, 4) is 0 Å². The molecule has 1 aliphatic heterocycles. The summed E-state index contributed by atoms with van der Waals surface area (Å²) in [6.45, 7) is 7.29. The number of piperidine rings is 1. The lowest BCUT2D eigenvalue weighted by Crippen LogP contribution is -2.42. The summed E-state index contributed by atoms with van der Waals surface area (Å²) in [6.07, 6.45) is 4.10. The highest BCUT2D eigenvalue weighted by molar-refractivity contribution is 7.91. The molecule has 2 heterocycles. The molecule has 1 aromatic rings. The van der Waals surface area contributed by atoms with E-state index in [-0.39, 0.29) is 0 Å². The topological polar surface area (TPSA) is 76.3 Å². The predicted molar refractivity (Wildman–Crippen MR) is 82.3 cm³/mol. The van der Waals surface area contributed by atoms with Crippen LogP contribution in [0, 0.1) is 12.3 Å². The van der Waals surface area contributed by atoms with E-state index in [1.807, 2.05) is 0 Å². The maximum atomic E-state index is 12.6. The monoisotopic (exact) mass is 317 g/mol. The molecule has 1 aromatic heterocycles. The molecule has 20 heavy (non-hydrogen) atoms. The zero-order valence-electron chi connectivity index (χ0n) is 12.3. The van der Waals surface area contributed by atoms with Crippen molar-refractivity contribution in [3.63, 3.8) is 0 Å². The third kappa shape index (κ3) is 2.71. The van der Waals surface area contributed by atoms with Crippen molar-refractivity contribution in [2.45, 2.75) is 50.7 Å². The van der Waals surface area contributed by atoms with E-state index in [0.29, 0.717) is 33.5 Å². The SMILES string of the molecule is CCC1(CC)CCN(S(=O)(=O)c2sc(N)nc2C)CC1. The van der Waals surface area contributed by atoms with E-state index in [2.05, 4.69) is 18.8 Å². The summed E-state index contributed by atoms with van der Waals surface area (Å²) in [5, 5.41) is 0.314. The average Bonchev–Trinajstić information content (AvgIpc) is 2.78. The van der Waals surface area contributed by atoms with Gasteiger partial charge in [0.25, 0.3) is 10.0 Å². The number of hydrogen-bond acceptors (Lipinski definition) is 5. The fraction of sp³-hybridized carbons (Fsp3) is 0.769. The molecule has 0 aromatic carbocycles. The van der Waals surface area contributed by atoms with Crippen LogP contribution in [0.25, 0.3) is 0 Å². The second-order valence-electron chi connectivity index (χ2n) is 5.54. The second kappa shape index (κ2) is 5.61. The zero-order valence-corrected chi connectivity index (χ0v) is 14.0. The molecule has 5 nitrogen and oxygen atoms in total. The Morgan fingerprint density at radius 2 is 1.85 bits per heavy atom. The molecule has 2 rings (SSSR count). The summed E-state index contributed by atoms with van der Waals surface area (Å²) < 4.78 is 27.2. The van der Waals surface area contributed by atoms with Crippen LogP contribution < -0.4 is 5.73 Å². The van der Waals surface area contributed by atoms with Gasteiger partial charge in [-0.1, -0.05) is 38.0 Å². The molecule has 1 aliphatic rings. The third-order valence-corrected chi connectivity index (χ3v) is 8.10. The van der Waals surface area contributed by atoms with Crippen molar-refractivity contribution in [3.05, 3.63) is 5.69 Å². The van der Waals surface area contributed by atoms with Gasteiger partial charge in [-0.25, -0.2) is 13.4 Å². The Balaban J connectivity index is 2.20. The summed E-state index contributed by atoms with van der Waals surface area (Å²) >= 11 is 1.06. The van der Waals surface area contributed by atoms with Gasteiger partial charge in [0, 0.05) is 13.1 Å². The molecule has 1 fully saturated rings. The van der Waals surface area contributed by atoms with Gasteiger partial charge in [-0.2, -0.15) is 4.31 Å². The molecule has 0 saturated carbocycles. The third-order valence-electron chi connectivity index (χ3n) is 4.63. The van der Waals surface area contributed by atoms with Crippen molar-refractivity contribution in [1.82, 2.24) is 9.29 Å². The highest BCUT2D eigenvalue weighted by atomic mass is 32.2. The molecule has 0 aliphatic carbocycles. The first kappa shape index (κ1) is 15.7. The van der Waals surface area contributed by atoms with Crippen LogP contribution in [-0.2, 0) is 10.0 Å². The Hall–Kier alpha value is -0.660. The summed E-state index contributed by atoms with van der Waals surface area (Å²) in [7, 11) is -3.43. The Labute approximate surface area is 125 Å². The average molecular weight is 317 g/mol. The van der Waals surface area contributed by atoms with Crippen LogP contribution in [0.5, 0.6) is 0 Å². The van der Waals surface area contributed by atoms with Crippen LogP contribution in [0.15, 0.2) is 4.21 Å². The van der Waals surface area contributed by atoms with Gasteiger partial charge in [0.1, 0.15) is 0 Å². The minimum Gasteiger partial charge on any atom is -0.375 e. The van der Waals surface area contributed by atoms with Gasteiger partial charge in [-0.3, -0.25) is 0 Å². The standard InChI is InChI=1S/C13H23N3O2S2/c1-4-13(5-2)6-8-16(9-7-13)20(17,18)11-10(3)15-12(14)19-11/h4-9H2,1-3H3,(H2,14,15). The quantitative estimate of drug-likeness (QED) is 0.926. The van der Waals surface area contributed by atoms with Gasteiger partial charge in [-0.15, -0.1) is 0 Å². The van der Waals surface area contributed by atoms with Crippen molar-refractivity contribution < 1.29 is 8.42 Å². The summed E-state index contributed by atoms with van der Waals surface area (Å²) in [5.41, 5.74) is 6.44. The van der Waals surface area contributed by atoms with E-state index < -0.39 is 10.0 Å². The zero-order chi connectivity index (χ0) is 15.0. The Kier molecular flexibility index (Phi) is 4.41. The lowest BCUT2D eigenvalue weighted by molar-refractivity contribution is 0.142. The first-order valence-corrected chi connectivity index (χ1v) is 9.33. The Bertz CT molecular complexity index is 566. The van der Waals surface area contributed by atoms with E-state index in [0.717, 1.165) is 37.0 Å². The molecule has 7 heteroatoms. The van der Waals surface area contributed by atoms with Crippen molar-refractivity contribution >= 4 is 26.5 Å². The Morgan fingerprint density at radius 3 is 2.25 bits per heavy atom. The van der Waals surface area contributed by atoms with Crippen LogP contribution in [0.1, 0.15) is 45.2 Å². The predicted octanol–water partition coefficient (Wildman–Crippen LogP) is 2.62. The fourth-order valence-corrected chi connectivity index (χ4v) is 5.79. The molecular formula is C13H23N3O2S2. The van der Waals surface area contributed by atoms with Crippen LogP contribution in [-0.4, -0.2) is 30.8 Å². The number of nitrogens with zero attached hydrogens (tertiary/aromatic N) is 2. The van der Waals surface area contributed by atoms with Crippen LogP contribution in [0.3, 0.4) is 0 Å². The Morgan fingerprint density at radius 1 is 1.30 bits per heavy atom. The smallest absolute Gasteiger partial charge is 0.254 e. The number of rotatable bonds is 4. The maximum absolute atomic E-state index is 12.6. The number of nitrogens with two attached hydrogens (primary N) is 1. The molecule has 2 N–H and O–H groups in total. The molecule has 0 spiro atoms. The normalized spacial score (nSPS) is 20.1. The molecule has 1 saturated heterocycles. The van der Waals surface area contributed by atoms with E-state index >= 15 is 0 Å². The number of aryl methyl sites for hydroxylation is 1. The van der Waals surface area contributed by atoms with Gasteiger partial charge in [-0.05, 0) is 25.2 Å². The second-order valence-corrected chi connectivity index (χ2v) is 8.70. The largest absolute Gasteiger partial charge is 0.375 e. The van der Waals surface area contributed by atoms with Crippen LogP contribution >= 0.6 is 11.3 Å². The van der Waals surface area contributed by atoms with Crippen LogP contribution in [0.4, 0.5) is 5.13 Å². The molecular weight excluding hydrogens is 294 g/mol. The van der Waals surface area contributed by atoms with Gasteiger partial charge < -0.3 is 5.73 Å². The summed E-state index contributed by atoms with van der Waals surface area (Å²) in [4.78, 5) is 4.02. The number of anilines is 1. The fourth-order valence-electron chi connectivity index (χ4n) is 2.92. The minimum absolute atomic E-state index is 0.301. The van der Waals surface area contributed by atoms with Crippen molar-refractivity contribution in [2.24, 2.45) is 5.41 Å². The van der Waals surface area contributed by atoms with Gasteiger partial charge in [0.05, 0.1) is 5.69 Å². The molecule has 0 atom stereocenters. The highest BCUT2D eigenvalue weighted by Gasteiger charge is 2.37. The maximum Gasteiger partial charge on any atom is 0.254 e. The number of sulfonamides is 1. The lowest BCUT2D eigenvalue weighted by atomic mass is 9.75. The first-order valence-electron chi connectivity index (χ1n) is 7.08. The number of hydrogen-bond donors (Lipinski definition) is 1. The molecule has 114 valence electrons. The lowest BCUT2D eigenvalue weighted by Gasteiger charge is -2.40. The highest BCUT2D eigenvalue weighted by Crippen LogP contribution is 2.40. The van der Waals surface area contributed by atoms with Crippen LogP contribution in [0.2, 0.25) is 0 Å². The van der Waals surface area contributed by atoms with E-state index in [9.17, 15) is 8.42 Å². The molecule has 0 radical (unpaired) electrons. The van der Waals surface area contributed by atoms with Gasteiger partial charge in [0.15, 0.2) is 9.34 Å². The molecule has 0 unspecified atom stereocenters. The number of nitrogen functional groups attached to an aromatic ring is 1. The van der Waals surface area contributed by atoms with E-state index in [1.54, 1.807) is 11.2 Å². The summed E-state index contributed by atoms with van der Waals surface area (Å²) in [6, 6.07) is 0. The van der Waals surface area contributed by atoms with E-state index in [1.165, 1.54) is 0 Å². The number of aromatic nitrogens is 1. The van der Waals surface area contributed by atoms with Gasteiger partial charge >= 0.3 is 0 Å². The summed E-state index contributed by atoms with van der Waals surface area (Å²) in [5.74, 6) is 0. The van der Waals surface area contributed by atoms with Crippen molar-refractivity contribution in [1.29, 1.82) is 0 Å². The molecule has 0 bridgehead atoms. The number of thiazole rings is 1.